The zero-order chi connectivity index (χ0) is 10.1. The van der Waals surface area contributed by atoms with Gasteiger partial charge < -0.3 is 10.2 Å². The van der Waals surface area contributed by atoms with E-state index in [1.807, 2.05) is 0 Å². The summed E-state index contributed by atoms with van der Waals surface area (Å²) in [5, 5.41) is 0. The molecule has 5 heteroatoms. The van der Waals surface area contributed by atoms with Crippen LogP contribution in [0.2, 0.25) is 0 Å². The van der Waals surface area contributed by atoms with Crippen molar-refractivity contribution in [2.75, 3.05) is 0 Å². The van der Waals surface area contributed by atoms with Gasteiger partial charge in [-0.2, -0.15) is 0 Å². The monoisotopic (exact) mass is 190 g/mol. The topological polar surface area (TPSA) is 86.2 Å². The molecule has 70 valence electrons. The summed E-state index contributed by atoms with van der Waals surface area (Å²) in [6.07, 6.45) is 1.27. The van der Waals surface area contributed by atoms with Gasteiger partial charge in [-0.3, -0.25) is 9.59 Å². The van der Waals surface area contributed by atoms with Gasteiger partial charge in [0.1, 0.15) is 5.52 Å². The summed E-state index contributed by atoms with van der Waals surface area (Å²) in [5.41, 5.74) is 6.15. The summed E-state index contributed by atoms with van der Waals surface area (Å²) in [5.74, 6) is -1.72. The van der Waals surface area contributed by atoms with Crippen LogP contribution in [0.5, 0.6) is 0 Å². The number of hydrogen-bond acceptors (Lipinski definition) is 4. The Morgan fingerprint density at radius 1 is 1.36 bits per heavy atom. The summed E-state index contributed by atoms with van der Waals surface area (Å²) >= 11 is 0. The van der Waals surface area contributed by atoms with Crippen LogP contribution < -0.4 is 5.73 Å². The second kappa shape index (κ2) is 2.95. The summed E-state index contributed by atoms with van der Waals surface area (Å²) < 4.78 is 4.97. The number of fused-ring (bicyclic) bond motifs is 1. The van der Waals surface area contributed by atoms with Gasteiger partial charge in [0.25, 0.3) is 5.91 Å². The maximum atomic E-state index is 11.2. The Labute approximate surface area is 78.5 Å². The Balaban J connectivity index is 2.54. The van der Waals surface area contributed by atoms with Gasteiger partial charge in [0.15, 0.2) is 12.0 Å². The predicted molar refractivity (Wildman–Crippen MR) is 47.5 cm³/mol. The highest BCUT2D eigenvalue weighted by Gasteiger charge is 2.13. The molecule has 0 unspecified atom stereocenters. The van der Waals surface area contributed by atoms with Gasteiger partial charge in [-0.05, 0) is 18.2 Å². The van der Waals surface area contributed by atoms with Crippen molar-refractivity contribution in [3.8, 4) is 0 Å². The number of aromatic nitrogens is 1. The SMILES string of the molecule is NC(=O)C(=O)c1ccc2ncoc2c1. The second-order valence-electron chi connectivity index (χ2n) is 2.73. The molecule has 0 atom stereocenters. The van der Waals surface area contributed by atoms with Gasteiger partial charge in [-0.25, -0.2) is 4.98 Å². The van der Waals surface area contributed by atoms with E-state index in [9.17, 15) is 9.59 Å². The minimum atomic E-state index is -0.983. The van der Waals surface area contributed by atoms with E-state index in [4.69, 9.17) is 10.2 Å². The van der Waals surface area contributed by atoms with Crippen LogP contribution in [0.3, 0.4) is 0 Å². The third kappa shape index (κ3) is 1.24. The van der Waals surface area contributed by atoms with E-state index in [1.54, 1.807) is 6.07 Å². The first-order valence-corrected chi connectivity index (χ1v) is 3.86. The minimum absolute atomic E-state index is 0.210. The number of primary amides is 1. The van der Waals surface area contributed by atoms with Crippen molar-refractivity contribution in [2.24, 2.45) is 5.73 Å². The fraction of sp³-hybridized carbons (Fsp3) is 0. The maximum Gasteiger partial charge on any atom is 0.289 e. The van der Waals surface area contributed by atoms with Crippen molar-refractivity contribution in [3.63, 3.8) is 0 Å². The molecule has 0 aliphatic rings. The standard InChI is InChI=1S/C9H6N2O3/c10-9(13)8(12)5-1-2-6-7(3-5)14-4-11-6/h1-4H,(H2,10,13). The predicted octanol–water partition coefficient (Wildman–Crippen LogP) is 0.496. The fourth-order valence-corrected chi connectivity index (χ4v) is 1.14. The quantitative estimate of drug-likeness (QED) is 0.551. The fourth-order valence-electron chi connectivity index (χ4n) is 1.14. The molecule has 1 heterocycles. The number of nitrogens with two attached hydrogens (primary N) is 1. The molecule has 14 heavy (non-hydrogen) atoms. The molecule has 2 aromatic rings. The number of Topliss-reactive ketones (excluding diaryl/α,β-unsaturated/α-hetero) is 1. The van der Waals surface area contributed by atoms with E-state index in [1.165, 1.54) is 18.5 Å². The lowest BCUT2D eigenvalue weighted by Crippen LogP contribution is -2.22. The summed E-state index contributed by atoms with van der Waals surface area (Å²) in [6.45, 7) is 0. The second-order valence-corrected chi connectivity index (χ2v) is 2.73. The van der Waals surface area contributed by atoms with Crippen molar-refractivity contribution in [1.82, 2.24) is 4.98 Å². The van der Waals surface area contributed by atoms with Crippen LogP contribution in [0.4, 0.5) is 0 Å². The number of benzene rings is 1. The smallest absolute Gasteiger partial charge is 0.289 e. The Morgan fingerprint density at radius 2 is 2.14 bits per heavy atom. The zero-order valence-corrected chi connectivity index (χ0v) is 7.06. The number of ketones is 1. The van der Waals surface area contributed by atoms with Gasteiger partial charge in [0.2, 0.25) is 5.78 Å². The Bertz CT molecular complexity index is 516. The molecule has 0 saturated heterocycles. The molecule has 0 spiro atoms. The van der Waals surface area contributed by atoms with Crippen molar-refractivity contribution in [2.45, 2.75) is 0 Å². The number of rotatable bonds is 2. The number of hydrogen-bond donors (Lipinski definition) is 1. The third-order valence-corrected chi connectivity index (χ3v) is 1.82. The Hall–Kier alpha value is -2.17. The van der Waals surface area contributed by atoms with Crippen LogP contribution in [-0.4, -0.2) is 16.7 Å². The first-order chi connectivity index (χ1) is 6.68. The summed E-state index contributed by atoms with van der Waals surface area (Å²) in [7, 11) is 0. The van der Waals surface area contributed by atoms with Gasteiger partial charge in [0.05, 0.1) is 0 Å². The molecule has 0 fully saturated rings. The van der Waals surface area contributed by atoms with Crippen LogP contribution >= 0.6 is 0 Å². The maximum absolute atomic E-state index is 11.2. The average Bonchev–Trinajstić information content (AvgIpc) is 2.62. The lowest BCUT2D eigenvalue weighted by Gasteiger charge is -1.94. The number of oxazole rings is 1. The first-order valence-electron chi connectivity index (χ1n) is 3.86. The van der Waals surface area contributed by atoms with Gasteiger partial charge in [-0.1, -0.05) is 0 Å². The van der Waals surface area contributed by atoms with E-state index >= 15 is 0 Å². The number of amides is 1. The normalized spacial score (nSPS) is 10.3. The number of nitrogens with zero attached hydrogens (tertiary/aromatic N) is 1. The molecular weight excluding hydrogens is 184 g/mol. The van der Waals surface area contributed by atoms with Crippen molar-refractivity contribution in [3.05, 3.63) is 30.2 Å². The molecular formula is C9H6N2O3. The van der Waals surface area contributed by atoms with Crippen LogP contribution in [0.1, 0.15) is 10.4 Å². The van der Waals surface area contributed by atoms with Crippen LogP contribution in [0.15, 0.2) is 29.0 Å². The van der Waals surface area contributed by atoms with E-state index in [-0.39, 0.29) is 5.56 Å². The third-order valence-electron chi connectivity index (χ3n) is 1.82. The summed E-state index contributed by atoms with van der Waals surface area (Å²) in [4.78, 5) is 25.6. The molecule has 0 bridgehead atoms. The molecule has 2 N–H and O–H groups in total. The molecule has 1 aromatic carbocycles. The Morgan fingerprint density at radius 3 is 2.86 bits per heavy atom. The van der Waals surface area contributed by atoms with E-state index in [0.717, 1.165) is 0 Å². The molecule has 1 aromatic heterocycles. The molecule has 5 nitrogen and oxygen atoms in total. The highest BCUT2D eigenvalue weighted by molar-refractivity contribution is 6.42. The zero-order valence-electron chi connectivity index (χ0n) is 7.06. The summed E-state index contributed by atoms with van der Waals surface area (Å²) in [6, 6.07) is 4.52. The van der Waals surface area contributed by atoms with Gasteiger partial charge in [-0.15, -0.1) is 0 Å². The first kappa shape index (κ1) is 8.43. The lowest BCUT2D eigenvalue weighted by molar-refractivity contribution is -0.114. The van der Waals surface area contributed by atoms with Crippen molar-refractivity contribution < 1.29 is 14.0 Å². The van der Waals surface area contributed by atoms with Gasteiger partial charge >= 0.3 is 0 Å². The Kier molecular flexibility index (Phi) is 1.78. The molecule has 1 amide bonds. The highest BCUT2D eigenvalue weighted by atomic mass is 16.3. The van der Waals surface area contributed by atoms with E-state index < -0.39 is 11.7 Å². The van der Waals surface area contributed by atoms with E-state index in [2.05, 4.69) is 4.98 Å². The van der Waals surface area contributed by atoms with Crippen molar-refractivity contribution in [1.29, 1.82) is 0 Å². The van der Waals surface area contributed by atoms with Crippen LogP contribution in [0, 0.1) is 0 Å². The number of carbonyl (C=O) groups excluding carboxylic acids is 2. The molecule has 0 aliphatic carbocycles. The minimum Gasteiger partial charge on any atom is -0.443 e. The largest absolute Gasteiger partial charge is 0.443 e. The molecule has 2 rings (SSSR count). The van der Waals surface area contributed by atoms with Crippen molar-refractivity contribution >= 4 is 22.8 Å². The van der Waals surface area contributed by atoms with Crippen LogP contribution in [0.25, 0.3) is 11.1 Å². The number of carbonyl (C=O) groups is 2. The van der Waals surface area contributed by atoms with Gasteiger partial charge in [0, 0.05) is 5.56 Å². The van der Waals surface area contributed by atoms with Crippen LogP contribution in [-0.2, 0) is 4.79 Å². The van der Waals surface area contributed by atoms with E-state index in [0.29, 0.717) is 11.1 Å². The average molecular weight is 190 g/mol. The lowest BCUT2D eigenvalue weighted by atomic mass is 10.1. The highest BCUT2D eigenvalue weighted by Crippen LogP contribution is 2.14. The molecule has 0 radical (unpaired) electrons. The molecule has 0 aliphatic heterocycles. The molecule has 0 saturated carbocycles.